The molecule has 1 aromatic carbocycles. The van der Waals surface area contributed by atoms with E-state index in [0.29, 0.717) is 5.92 Å². The van der Waals surface area contributed by atoms with Crippen molar-refractivity contribution < 1.29 is 22.3 Å². The van der Waals surface area contributed by atoms with Gasteiger partial charge in [0.05, 0.1) is 10.6 Å². The highest BCUT2D eigenvalue weighted by molar-refractivity contribution is 7.91. The second-order valence-electron chi connectivity index (χ2n) is 8.47. The number of hydrogen-bond acceptors (Lipinski definition) is 4. The molecule has 0 radical (unpaired) electrons. The number of Topliss-reactive ketones (excluding diaryl/α,β-unsaturated/α-hetero) is 1. The van der Waals surface area contributed by atoms with Gasteiger partial charge in [-0.15, -0.1) is 0 Å². The van der Waals surface area contributed by atoms with E-state index in [0.717, 1.165) is 25.2 Å². The van der Waals surface area contributed by atoms with Gasteiger partial charge in [0.1, 0.15) is 23.4 Å². The Hall–Kier alpha value is -1.14. The first-order chi connectivity index (χ1) is 11.8. The van der Waals surface area contributed by atoms with Crippen LogP contribution < -0.4 is 4.74 Å². The largest absolute Gasteiger partial charge is 0.488 e. The van der Waals surface area contributed by atoms with Gasteiger partial charge in [0.15, 0.2) is 15.6 Å². The Morgan fingerprint density at radius 2 is 2.00 bits per heavy atom. The van der Waals surface area contributed by atoms with Gasteiger partial charge >= 0.3 is 0 Å². The summed E-state index contributed by atoms with van der Waals surface area (Å²) >= 11 is 6.22. The van der Waals surface area contributed by atoms with Crippen molar-refractivity contribution in [3.05, 3.63) is 28.5 Å². The molecule has 7 heteroatoms. The third-order valence-corrected chi connectivity index (χ3v) is 7.78. The molecule has 2 bridgehead atoms. The molecule has 0 aromatic heterocycles. The van der Waals surface area contributed by atoms with Gasteiger partial charge in [-0.05, 0) is 36.7 Å². The number of fused-ring (bicyclic) bond motifs is 2. The summed E-state index contributed by atoms with van der Waals surface area (Å²) in [7, 11) is -3.55. The highest BCUT2D eigenvalue weighted by Gasteiger charge is 2.62. The number of sulfone groups is 1. The van der Waals surface area contributed by atoms with E-state index in [-0.39, 0.29) is 33.3 Å². The van der Waals surface area contributed by atoms with Crippen LogP contribution in [0.4, 0.5) is 4.39 Å². The lowest BCUT2D eigenvalue weighted by atomic mass is 9.70. The molecular formula is C19H24ClFO4S. The van der Waals surface area contributed by atoms with Gasteiger partial charge in [0, 0.05) is 17.7 Å². The van der Waals surface area contributed by atoms with Crippen molar-refractivity contribution in [2.24, 2.45) is 16.7 Å². The Balaban J connectivity index is 1.85. The van der Waals surface area contributed by atoms with Gasteiger partial charge in [-0.2, -0.15) is 0 Å². The lowest BCUT2D eigenvalue weighted by Crippen LogP contribution is -2.39. The van der Waals surface area contributed by atoms with E-state index in [4.69, 9.17) is 16.3 Å². The fourth-order valence-electron chi connectivity index (χ4n) is 4.61. The SMILES string of the molecule is CC1(C)[C@@H]2CC[C@@]1(C)[C@@H](Oc1cc(F)c(C(=O)CS(C)(=O)=O)cc1Cl)C2. The van der Waals surface area contributed by atoms with E-state index in [2.05, 4.69) is 20.8 Å². The van der Waals surface area contributed by atoms with Crippen LogP contribution in [0.25, 0.3) is 0 Å². The molecule has 0 heterocycles. The van der Waals surface area contributed by atoms with E-state index in [1.807, 2.05) is 0 Å². The molecule has 0 spiro atoms. The van der Waals surface area contributed by atoms with Gasteiger partial charge in [-0.1, -0.05) is 32.4 Å². The molecule has 0 aliphatic heterocycles. The summed E-state index contributed by atoms with van der Waals surface area (Å²) < 4.78 is 43.1. The number of ether oxygens (including phenoxy) is 1. The summed E-state index contributed by atoms with van der Waals surface area (Å²) in [6, 6.07) is 2.26. The van der Waals surface area contributed by atoms with Crippen molar-refractivity contribution in [1.82, 2.24) is 0 Å². The van der Waals surface area contributed by atoms with Crippen LogP contribution in [-0.2, 0) is 9.84 Å². The molecular weight excluding hydrogens is 379 g/mol. The highest BCUT2D eigenvalue weighted by atomic mass is 35.5. The fourth-order valence-corrected chi connectivity index (χ4v) is 5.45. The van der Waals surface area contributed by atoms with Crippen LogP contribution in [0.3, 0.4) is 0 Å². The van der Waals surface area contributed by atoms with Crippen LogP contribution in [0.5, 0.6) is 5.75 Å². The Morgan fingerprint density at radius 1 is 1.35 bits per heavy atom. The number of carbonyl (C=O) groups excluding carboxylic acids is 1. The standard InChI is InChI=1S/C19H24ClFO4S/c1-18(2)11-5-6-19(18,3)17(7-11)25-16-9-14(21)12(8-13(16)20)15(22)10-26(4,23)24/h8-9,11,17H,5-7,10H2,1-4H3/t11-,17+,19+/m1/s1. The summed E-state index contributed by atoms with van der Waals surface area (Å²) in [4.78, 5) is 12.0. The molecule has 4 nitrogen and oxygen atoms in total. The number of hydrogen-bond donors (Lipinski definition) is 0. The molecule has 3 rings (SSSR count). The third-order valence-electron chi connectivity index (χ3n) is 6.70. The molecule has 2 fully saturated rings. The number of carbonyl (C=O) groups is 1. The number of halogens is 2. The average Bonchev–Trinajstić information content (AvgIpc) is 2.82. The maximum atomic E-state index is 14.4. The van der Waals surface area contributed by atoms with Crippen molar-refractivity contribution in [3.8, 4) is 5.75 Å². The van der Waals surface area contributed by atoms with Crippen LogP contribution in [0.15, 0.2) is 12.1 Å². The minimum absolute atomic E-state index is 0.0117. The maximum Gasteiger partial charge on any atom is 0.180 e. The van der Waals surface area contributed by atoms with Crippen LogP contribution >= 0.6 is 11.6 Å². The summed E-state index contributed by atoms with van der Waals surface area (Å²) in [5.74, 6) is -1.61. The van der Waals surface area contributed by atoms with Gasteiger partial charge < -0.3 is 4.74 Å². The molecule has 1 aromatic rings. The Kier molecular flexibility index (Phi) is 4.67. The second kappa shape index (κ2) is 6.20. The van der Waals surface area contributed by atoms with Crippen molar-refractivity contribution in [3.63, 3.8) is 0 Å². The van der Waals surface area contributed by atoms with Crippen LogP contribution in [0.1, 0.15) is 50.4 Å². The van der Waals surface area contributed by atoms with E-state index in [9.17, 15) is 17.6 Å². The predicted molar refractivity (Wildman–Crippen MR) is 99.1 cm³/mol. The molecule has 2 saturated carbocycles. The molecule has 0 saturated heterocycles. The highest BCUT2D eigenvalue weighted by Crippen LogP contribution is 2.66. The Bertz CT molecular complexity index is 865. The van der Waals surface area contributed by atoms with Gasteiger partial charge in [0.2, 0.25) is 0 Å². The van der Waals surface area contributed by atoms with Crippen molar-refractivity contribution >= 4 is 27.2 Å². The number of rotatable bonds is 5. The minimum atomic E-state index is -3.55. The second-order valence-corrected chi connectivity index (χ2v) is 11.0. The van der Waals surface area contributed by atoms with E-state index >= 15 is 0 Å². The fraction of sp³-hybridized carbons (Fsp3) is 0.632. The van der Waals surface area contributed by atoms with Crippen LogP contribution in [-0.4, -0.2) is 32.3 Å². The van der Waals surface area contributed by atoms with Gasteiger partial charge in [-0.25, -0.2) is 12.8 Å². The smallest absolute Gasteiger partial charge is 0.180 e. The molecule has 2 aliphatic carbocycles. The average molecular weight is 403 g/mol. The Labute approximate surface area is 159 Å². The summed E-state index contributed by atoms with van der Waals surface area (Å²) in [5, 5.41) is 0.118. The van der Waals surface area contributed by atoms with E-state index in [1.165, 1.54) is 12.5 Å². The lowest BCUT2D eigenvalue weighted by Gasteiger charge is -2.39. The molecule has 144 valence electrons. The first-order valence-corrected chi connectivity index (χ1v) is 11.2. The summed E-state index contributed by atoms with van der Waals surface area (Å²) in [6.45, 7) is 6.71. The number of benzene rings is 1. The lowest BCUT2D eigenvalue weighted by molar-refractivity contribution is 0.0300. The first-order valence-electron chi connectivity index (χ1n) is 8.72. The zero-order chi connectivity index (χ0) is 19.5. The van der Waals surface area contributed by atoms with Crippen LogP contribution in [0, 0.1) is 22.6 Å². The maximum absolute atomic E-state index is 14.4. The molecule has 0 amide bonds. The normalized spacial score (nSPS) is 29.8. The quantitative estimate of drug-likeness (QED) is 0.689. The molecule has 0 N–H and O–H groups in total. The van der Waals surface area contributed by atoms with E-state index < -0.39 is 27.2 Å². The van der Waals surface area contributed by atoms with Crippen molar-refractivity contribution in [2.45, 2.75) is 46.1 Å². The summed E-state index contributed by atoms with van der Waals surface area (Å²) in [5.41, 5.74) is -0.191. The topological polar surface area (TPSA) is 60.4 Å². The zero-order valence-electron chi connectivity index (χ0n) is 15.4. The monoisotopic (exact) mass is 402 g/mol. The molecule has 2 aliphatic rings. The van der Waals surface area contributed by atoms with Gasteiger partial charge in [0.25, 0.3) is 0 Å². The summed E-state index contributed by atoms with van der Waals surface area (Å²) in [6.07, 6.45) is 3.99. The van der Waals surface area contributed by atoms with Gasteiger partial charge in [-0.3, -0.25) is 4.79 Å². The predicted octanol–water partition coefficient (Wildman–Crippen LogP) is 4.30. The Morgan fingerprint density at radius 3 is 2.50 bits per heavy atom. The van der Waals surface area contributed by atoms with E-state index in [1.54, 1.807) is 0 Å². The first kappa shape index (κ1) is 19.6. The zero-order valence-corrected chi connectivity index (χ0v) is 17.0. The molecule has 0 unspecified atom stereocenters. The molecule has 26 heavy (non-hydrogen) atoms. The van der Waals surface area contributed by atoms with Crippen molar-refractivity contribution in [2.75, 3.05) is 12.0 Å². The minimum Gasteiger partial charge on any atom is -0.488 e. The number of ketones is 1. The van der Waals surface area contributed by atoms with Crippen LogP contribution in [0.2, 0.25) is 5.02 Å². The third kappa shape index (κ3) is 3.15. The molecule has 3 atom stereocenters. The van der Waals surface area contributed by atoms with Crippen molar-refractivity contribution in [1.29, 1.82) is 0 Å².